The van der Waals surface area contributed by atoms with Gasteiger partial charge in [0.25, 0.3) is 15.6 Å². The van der Waals surface area contributed by atoms with E-state index in [1.165, 1.54) is 13.8 Å². The molecule has 2 fully saturated rings. The normalized spacial score (nSPS) is 25.4. The van der Waals surface area contributed by atoms with Gasteiger partial charge in [-0.3, -0.25) is 28.1 Å². The number of rotatable bonds is 32. The highest BCUT2D eigenvalue weighted by Gasteiger charge is 2.47. The van der Waals surface area contributed by atoms with Crippen molar-refractivity contribution in [2.45, 2.75) is 153 Å². The van der Waals surface area contributed by atoms with Gasteiger partial charge in [-0.25, -0.2) is 19.3 Å². The molecule has 0 aromatic carbocycles. The van der Waals surface area contributed by atoms with Crippen LogP contribution in [0.5, 0.6) is 0 Å². The average Bonchev–Trinajstić information content (AvgIpc) is 3.85. The lowest BCUT2D eigenvalue weighted by Gasteiger charge is -2.36. The molecule has 9 N–H and O–H groups in total. The summed E-state index contributed by atoms with van der Waals surface area (Å²) in [6, 6.07) is 0. The predicted molar refractivity (Wildman–Crippen MR) is 243 cm³/mol. The number of anilines is 1. The molecule has 0 spiro atoms. The molecule has 0 aliphatic carbocycles. The van der Waals surface area contributed by atoms with Gasteiger partial charge in [0.15, 0.2) is 29.1 Å². The van der Waals surface area contributed by atoms with Crippen LogP contribution in [0.15, 0.2) is 12.7 Å². The number of nitrogens with zero attached hydrogens (tertiary/aromatic N) is 4. The Morgan fingerprint density at radius 2 is 1.60 bits per heavy atom. The summed E-state index contributed by atoms with van der Waals surface area (Å²) in [7, 11) is -17.7. The Hall–Kier alpha value is -2.64. The fourth-order valence-electron chi connectivity index (χ4n) is 7.28. The molecule has 2 saturated heterocycles. The van der Waals surface area contributed by atoms with Crippen LogP contribution < -0.4 is 35.9 Å². The van der Waals surface area contributed by atoms with Crippen LogP contribution in [-0.4, -0.2) is 156 Å². The number of nitrogen functional groups attached to an aromatic ring is 1. The molecule has 29 nitrogen and oxygen atoms in total. The molecule has 2 amide bonds. The number of aliphatic hydroxyl groups excluding tert-OH is 5. The lowest BCUT2D eigenvalue weighted by Crippen LogP contribution is -2.47. The Labute approximate surface area is 418 Å². The summed E-state index contributed by atoms with van der Waals surface area (Å²) in [6.07, 6.45) is -4.13. The highest BCUT2D eigenvalue weighted by atomic mass is 32.2. The number of phosphoric ester groups is 3. The van der Waals surface area contributed by atoms with E-state index < -0.39 is 115 Å². The van der Waals surface area contributed by atoms with Gasteiger partial charge in [-0.05, 0) is 19.8 Å². The third-order valence-corrected chi connectivity index (χ3v) is 15.2. The average molecular weight is 1110 g/mol. The number of hydrogen-bond donors (Lipinski definition) is 8. The number of amides is 2. The molecule has 2 aliphatic heterocycles. The van der Waals surface area contributed by atoms with Gasteiger partial charge in [0.05, 0.1) is 45.7 Å². The van der Waals surface area contributed by atoms with Gasteiger partial charge in [0.1, 0.15) is 42.4 Å². The van der Waals surface area contributed by atoms with Crippen LogP contribution in [0.4, 0.5) is 5.82 Å². The van der Waals surface area contributed by atoms with Crippen molar-refractivity contribution in [1.82, 2.24) is 30.2 Å². The number of carbonyl (C=O) groups excluding carboxylic acids is 3. The lowest BCUT2D eigenvalue weighted by molar-refractivity contribution is -0.347. The van der Waals surface area contributed by atoms with Gasteiger partial charge in [-0.1, -0.05) is 64.1 Å². The lowest BCUT2D eigenvalue weighted by atomic mass is 9.87. The molecular weight excluding hydrogens is 1040 g/mol. The molecule has 2 aromatic heterocycles. The molecule has 0 bridgehead atoms. The van der Waals surface area contributed by atoms with Gasteiger partial charge >= 0.3 is 0 Å². The van der Waals surface area contributed by atoms with Crippen LogP contribution in [0.3, 0.4) is 0 Å². The van der Waals surface area contributed by atoms with Crippen LogP contribution in [0.25, 0.3) is 11.2 Å². The van der Waals surface area contributed by atoms with Crippen molar-refractivity contribution in [2.75, 3.05) is 44.4 Å². The first-order valence-electron chi connectivity index (χ1n) is 23.0. The summed E-state index contributed by atoms with van der Waals surface area (Å²) in [6.45, 7) is 2.08. The number of unbranched alkanes of at least 4 members (excludes halogenated alkanes) is 6. The first-order valence-corrected chi connectivity index (χ1v) is 28.3. The molecular formula is C39H64N7O22P3S-4. The minimum Gasteiger partial charge on any atom is -0.790 e. The van der Waals surface area contributed by atoms with E-state index in [1.54, 1.807) is 6.92 Å². The second kappa shape index (κ2) is 28.5. The number of carbonyl (C=O) groups is 3. The number of aromatic nitrogens is 4. The zero-order valence-electron chi connectivity index (χ0n) is 39.7. The van der Waals surface area contributed by atoms with Crippen molar-refractivity contribution in [2.24, 2.45) is 5.41 Å². The van der Waals surface area contributed by atoms with Crippen molar-refractivity contribution in [1.29, 1.82) is 0 Å². The zero-order valence-corrected chi connectivity index (χ0v) is 43.2. The fraction of sp³-hybridized carbons (Fsp3) is 0.795. The number of thioether (sulfide) groups is 1. The van der Waals surface area contributed by atoms with E-state index in [4.69, 9.17) is 19.9 Å². The molecule has 4 rings (SSSR count). The van der Waals surface area contributed by atoms with Crippen LogP contribution in [0, 0.1) is 5.41 Å². The van der Waals surface area contributed by atoms with Crippen molar-refractivity contribution in [3.05, 3.63) is 12.7 Å². The van der Waals surface area contributed by atoms with Gasteiger partial charge in [-0.15, -0.1) is 0 Å². The maximum atomic E-state index is 12.7. The van der Waals surface area contributed by atoms with Crippen molar-refractivity contribution in [3.63, 3.8) is 0 Å². The summed E-state index contributed by atoms with van der Waals surface area (Å²) in [5.41, 5.74) is 4.03. The number of imidazole rings is 1. The van der Waals surface area contributed by atoms with E-state index >= 15 is 0 Å². The van der Waals surface area contributed by atoms with E-state index in [1.807, 2.05) is 0 Å². The van der Waals surface area contributed by atoms with Gasteiger partial charge in [0.2, 0.25) is 11.8 Å². The molecule has 12 atom stereocenters. The summed E-state index contributed by atoms with van der Waals surface area (Å²) < 4.78 is 71.9. The topological polar surface area (TPSA) is 454 Å². The molecule has 2 unspecified atom stereocenters. The SMILES string of the molecule is C[C@@H]1O[C@@H](OCCCCCCCCC[C@@H](O)CC(=O)SCCNC(=O)CCNC(=O)[C@H](O)C(C)(C)COP(=O)([O-])OP(=O)([O-])OC[C@H]2O[C@@H](n3cnc4c(N)ncnc43)[C@H](O)[C@@H]2OP(=O)([O-])[O-])[C@H](O)C[C@H]1O. The van der Waals surface area contributed by atoms with Gasteiger partial charge < -0.3 is 93.8 Å². The summed E-state index contributed by atoms with van der Waals surface area (Å²) in [5.74, 6) is -1.41. The number of phosphoric acid groups is 3. The molecule has 72 heavy (non-hydrogen) atoms. The van der Waals surface area contributed by atoms with E-state index in [-0.39, 0.29) is 60.2 Å². The van der Waals surface area contributed by atoms with E-state index in [9.17, 15) is 73.2 Å². The maximum Gasteiger partial charge on any atom is 0.274 e. The maximum absolute atomic E-state index is 12.7. The molecule has 4 heterocycles. The molecule has 2 aromatic rings. The monoisotopic (exact) mass is 1110 g/mol. The van der Waals surface area contributed by atoms with Crippen molar-refractivity contribution in [3.8, 4) is 0 Å². The number of nitrogens with one attached hydrogen (secondary N) is 2. The highest BCUT2D eigenvalue weighted by Crippen LogP contribution is 2.56. The Kier molecular flexibility index (Phi) is 24.5. The third-order valence-electron chi connectivity index (χ3n) is 11.3. The number of ether oxygens (including phenoxy) is 3. The first kappa shape index (κ1) is 61.9. The van der Waals surface area contributed by atoms with Crippen LogP contribution >= 0.6 is 35.2 Å². The minimum absolute atomic E-state index is 0.0312. The molecule has 0 saturated carbocycles. The standard InChI is InChI=1S/C39H68N7O22P3S/c1-23-25(48)18-26(49)38(65-23)62-15-10-8-6-4-5-7-9-11-24(47)17-29(51)72-16-14-41-28(50)12-13-42-36(54)33(53)39(2,3)20-64-71(60,61)68-70(58,59)63-19-27-32(67-69(55,56)57)31(52)37(66-27)46-22-45-30-34(40)43-21-44-35(30)46/h21-27,31-33,37-38,47-49,52-53H,4-20H2,1-3H3,(H,41,50)(H,42,54)(H,58,59)(H,60,61)(H2,40,43,44)(H2,55,56,57)/p-4/t23-,24+,25+,26+,27+,31+,32+,33-,37+,38+/m0/s1. The van der Waals surface area contributed by atoms with Crippen LogP contribution in [0.2, 0.25) is 0 Å². The van der Waals surface area contributed by atoms with Crippen molar-refractivity contribution < 1.29 is 105 Å². The van der Waals surface area contributed by atoms with Crippen LogP contribution in [-0.2, 0) is 60.2 Å². The van der Waals surface area contributed by atoms with Crippen molar-refractivity contribution >= 4 is 69.1 Å². The Bertz CT molecular complexity index is 2210. The minimum atomic E-state index is -5.94. The highest BCUT2D eigenvalue weighted by molar-refractivity contribution is 8.13. The zero-order chi connectivity index (χ0) is 53.4. The Balaban J connectivity index is 1.05. The second-order valence-electron chi connectivity index (χ2n) is 17.8. The summed E-state index contributed by atoms with van der Waals surface area (Å²) >= 11 is 0.950. The summed E-state index contributed by atoms with van der Waals surface area (Å²) in [5, 5.41) is 56.1. The van der Waals surface area contributed by atoms with E-state index in [0.29, 0.717) is 13.0 Å². The smallest absolute Gasteiger partial charge is 0.274 e. The number of nitrogens with two attached hydrogens (primary N) is 1. The summed E-state index contributed by atoms with van der Waals surface area (Å²) in [4.78, 5) is 97.0. The number of fused-ring (bicyclic) bond motifs is 1. The number of hydrogen-bond acceptors (Lipinski definition) is 27. The fourth-order valence-corrected chi connectivity index (χ4v) is 10.8. The van der Waals surface area contributed by atoms with E-state index in [0.717, 1.165) is 73.9 Å². The molecule has 412 valence electrons. The second-order valence-corrected chi connectivity index (χ2v) is 23.0. The molecule has 0 radical (unpaired) electrons. The number of aliphatic hydroxyl groups is 5. The molecule has 33 heteroatoms. The largest absolute Gasteiger partial charge is 0.790 e. The first-order chi connectivity index (χ1) is 33.7. The van der Waals surface area contributed by atoms with Gasteiger partial charge in [0, 0.05) is 50.1 Å². The molecule has 2 aliphatic rings. The van der Waals surface area contributed by atoms with Gasteiger partial charge in [-0.2, -0.15) is 0 Å². The van der Waals surface area contributed by atoms with E-state index in [2.05, 4.69) is 43.5 Å². The van der Waals surface area contributed by atoms with Crippen LogP contribution in [0.1, 0.15) is 97.6 Å². The third kappa shape index (κ3) is 20.5. The Morgan fingerprint density at radius 3 is 2.29 bits per heavy atom. The quantitative estimate of drug-likeness (QED) is 0.0287. The predicted octanol–water partition coefficient (Wildman–Crippen LogP) is -2.12. The Morgan fingerprint density at radius 1 is 0.931 bits per heavy atom.